The summed E-state index contributed by atoms with van der Waals surface area (Å²) in [5.74, 6) is -5.84. The Hall–Kier alpha value is -3.86. The monoisotopic (exact) mass is 534 g/mol. The molecule has 196 valence electrons. The summed E-state index contributed by atoms with van der Waals surface area (Å²) < 4.78 is 54.0. The van der Waals surface area contributed by atoms with E-state index in [1.54, 1.807) is 6.07 Å². The first-order valence-corrected chi connectivity index (χ1v) is 12.3. The molecular weight excluding hydrogens is 509 g/mol. The van der Waals surface area contributed by atoms with E-state index >= 15 is 0 Å². The number of rotatable bonds is 12. The Labute approximate surface area is 215 Å². The summed E-state index contributed by atoms with van der Waals surface area (Å²) in [6, 6.07) is 6.21. The average molecular weight is 535 g/mol. The maximum atomic E-state index is 15.0. The van der Waals surface area contributed by atoms with Crippen LogP contribution in [0.2, 0.25) is 0 Å². The molecule has 1 heterocycles. The molecule has 3 aromatic rings. The topological polar surface area (TPSA) is 97.8 Å². The molecule has 0 bridgehead atoms. The maximum Gasteiger partial charge on any atom is 0.371 e. The van der Waals surface area contributed by atoms with Gasteiger partial charge in [-0.05, 0) is 30.7 Å². The molecule has 11 heteroatoms. The van der Waals surface area contributed by atoms with E-state index in [-0.39, 0.29) is 27.7 Å². The van der Waals surface area contributed by atoms with Crippen molar-refractivity contribution >= 4 is 34.4 Å². The number of aliphatic carboxylic acids is 1. The van der Waals surface area contributed by atoms with Crippen LogP contribution >= 0.6 is 11.3 Å². The van der Waals surface area contributed by atoms with Crippen LogP contribution in [0.3, 0.4) is 0 Å². The Kier molecular flexibility index (Phi) is 9.67. The van der Waals surface area contributed by atoms with Crippen molar-refractivity contribution in [3.63, 3.8) is 0 Å². The van der Waals surface area contributed by atoms with E-state index in [2.05, 4.69) is 22.0 Å². The zero-order valence-corrected chi connectivity index (χ0v) is 21.0. The fourth-order valence-electron chi connectivity index (χ4n) is 3.35. The van der Waals surface area contributed by atoms with Gasteiger partial charge in [-0.15, -0.1) is 11.3 Å². The van der Waals surface area contributed by atoms with Crippen molar-refractivity contribution in [1.82, 2.24) is 4.98 Å². The smallest absolute Gasteiger partial charge is 0.371 e. The summed E-state index contributed by atoms with van der Waals surface area (Å²) in [5, 5.41) is 13.0. The molecule has 0 fully saturated rings. The van der Waals surface area contributed by atoms with Gasteiger partial charge < -0.3 is 14.6 Å². The summed E-state index contributed by atoms with van der Waals surface area (Å²) in [6.07, 6.45) is 4.66. The molecule has 2 aromatic carbocycles. The van der Waals surface area contributed by atoms with Crippen LogP contribution in [0.1, 0.15) is 48.5 Å². The largest absolute Gasteiger partial charge is 0.490 e. The minimum absolute atomic E-state index is 0.0858. The molecule has 0 aliphatic heterocycles. The van der Waals surface area contributed by atoms with Crippen molar-refractivity contribution < 1.29 is 37.3 Å². The van der Waals surface area contributed by atoms with E-state index in [0.717, 1.165) is 56.3 Å². The van der Waals surface area contributed by atoms with Crippen LogP contribution in [0.5, 0.6) is 5.75 Å². The highest BCUT2D eigenvalue weighted by molar-refractivity contribution is 7.14. The first kappa shape index (κ1) is 27.7. The number of carbonyl (C=O) groups is 2. The van der Waals surface area contributed by atoms with Gasteiger partial charge in [0.1, 0.15) is 11.6 Å². The number of unbranched alkanes of at least 4 members (excludes halogenated alkanes) is 3. The van der Waals surface area contributed by atoms with Crippen LogP contribution in [0.4, 0.5) is 18.3 Å². The number of nitrogens with one attached hydrogen (secondary N) is 1. The number of aromatic nitrogens is 1. The van der Waals surface area contributed by atoms with Gasteiger partial charge in [-0.2, -0.15) is 0 Å². The quantitative estimate of drug-likeness (QED) is 0.156. The third-order valence-electron chi connectivity index (χ3n) is 5.27. The predicted molar refractivity (Wildman–Crippen MR) is 134 cm³/mol. The van der Waals surface area contributed by atoms with Crippen molar-refractivity contribution in [2.75, 3.05) is 19.0 Å². The Bertz CT molecular complexity index is 1290. The van der Waals surface area contributed by atoms with Gasteiger partial charge in [0.2, 0.25) is 5.76 Å². The first-order valence-electron chi connectivity index (χ1n) is 11.4. The lowest BCUT2D eigenvalue weighted by atomic mass is 10.1. The number of hydrogen-bond donors (Lipinski definition) is 2. The number of amides is 1. The lowest BCUT2D eigenvalue weighted by Crippen LogP contribution is -2.13. The van der Waals surface area contributed by atoms with Crippen LogP contribution in [0.25, 0.3) is 17.3 Å². The van der Waals surface area contributed by atoms with Gasteiger partial charge in [-0.3, -0.25) is 10.1 Å². The number of carboxylic acid groups (broad SMARTS) is 1. The van der Waals surface area contributed by atoms with Crippen molar-refractivity contribution in [2.45, 2.75) is 32.6 Å². The first-order chi connectivity index (χ1) is 17.7. The number of halogens is 3. The number of nitrogens with zero attached hydrogens (tertiary/aromatic N) is 1. The molecule has 1 aromatic heterocycles. The second-order valence-electron chi connectivity index (χ2n) is 7.89. The van der Waals surface area contributed by atoms with Gasteiger partial charge in [0.15, 0.2) is 16.7 Å². The van der Waals surface area contributed by atoms with E-state index in [1.807, 2.05) is 0 Å². The third-order valence-corrected chi connectivity index (χ3v) is 6.02. The number of hydrogen-bond acceptors (Lipinski definition) is 6. The van der Waals surface area contributed by atoms with Crippen molar-refractivity contribution in [1.29, 1.82) is 0 Å². The summed E-state index contributed by atoms with van der Waals surface area (Å²) in [7, 11) is 1.05. The Morgan fingerprint density at radius 3 is 2.51 bits per heavy atom. The lowest BCUT2D eigenvalue weighted by Gasteiger charge is -2.09. The predicted octanol–water partition coefficient (Wildman–Crippen LogP) is 6.51. The van der Waals surface area contributed by atoms with E-state index in [9.17, 15) is 22.8 Å². The minimum atomic E-state index is -1.51. The van der Waals surface area contributed by atoms with E-state index in [4.69, 9.17) is 9.84 Å². The third kappa shape index (κ3) is 7.10. The number of carbonyl (C=O) groups excluding carboxylic acids is 1. The Morgan fingerprint density at radius 2 is 1.86 bits per heavy atom. The SMILES string of the molecule is CCCCCCOc1cccc(-c2csc(NC(=O)c3cc(F)c(/C=C(\OC)C(=O)O)c(F)c3)n2)c1F. The molecule has 7 nitrogen and oxygen atoms in total. The number of anilines is 1. The summed E-state index contributed by atoms with van der Waals surface area (Å²) in [6.45, 7) is 2.49. The Morgan fingerprint density at radius 1 is 1.14 bits per heavy atom. The van der Waals surface area contributed by atoms with Crippen molar-refractivity contribution in [2.24, 2.45) is 0 Å². The molecule has 0 aliphatic carbocycles. The molecular formula is C26H25F3N2O5S. The fraction of sp³-hybridized carbons (Fsp3) is 0.269. The molecule has 0 saturated heterocycles. The van der Waals surface area contributed by atoms with Gasteiger partial charge in [-0.25, -0.2) is 22.9 Å². The fourth-order valence-corrected chi connectivity index (χ4v) is 4.05. The van der Waals surface area contributed by atoms with E-state index < -0.39 is 40.7 Å². The number of ether oxygens (including phenoxy) is 2. The number of carboxylic acids is 1. The van der Waals surface area contributed by atoms with Crippen molar-refractivity contribution in [3.05, 3.63) is 70.0 Å². The maximum absolute atomic E-state index is 15.0. The Balaban J connectivity index is 1.74. The number of benzene rings is 2. The molecule has 0 radical (unpaired) electrons. The number of thiazole rings is 1. The molecule has 0 atom stereocenters. The summed E-state index contributed by atoms with van der Waals surface area (Å²) in [5.41, 5.74) is -0.589. The van der Waals surface area contributed by atoms with Gasteiger partial charge in [0.25, 0.3) is 5.91 Å². The molecule has 0 spiro atoms. The molecule has 3 rings (SSSR count). The van der Waals surface area contributed by atoms with Crippen LogP contribution < -0.4 is 10.1 Å². The summed E-state index contributed by atoms with van der Waals surface area (Å²) >= 11 is 1.01. The molecule has 0 saturated carbocycles. The van der Waals surface area contributed by atoms with E-state index in [1.165, 1.54) is 17.5 Å². The summed E-state index contributed by atoms with van der Waals surface area (Å²) in [4.78, 5) is 27.8. The normalized spacial score (nSPS) is 11.3. The average Bonchev–Trinajstić information content (AvgIpc) is 3.32. The second-order valence-corrected chi connectivity index (χ2v) is 8.75. The zero-order valence-electron chi connectivity index (χ0n) is 20.1. The van der Waals surface area contributed by atoms with Gasteiger partial charge in [0.05, 0.1) is 19.4 Å². The standard InChI is InChI=1S/C26H25F3N2O5S/c1-3-4-5-6-10-36-21-9-7-8-16(23(21)29)20-14-37-26(30-20)31-24(32)15-11-18(27)17(19(28)12-15)13-22(35-2)25(33)34/h7-9,11-14H,3-6,10H2,1-2H3,(H,33,34)(H,30,31,32)/b22-13-. The molecule has 2 N–H and O–H groups in total. The highest BCUT2D eigenvalue weighted by Crippen LogP contribution is 2.32. The van der Waals surface area contributed by atoms with Crippen molar-refractivity contribution in [3.8, 4) is 17.0 Å². The van der Waals surface area contributed by atoms with Gasteiger partial charge in [0, 0.05) is 28.1 Å². The molecule has 0 aliphatic rings. The van der Waals surface area contributed by atoms with Crippen LogP contribution in [0, 0.1) is 17.5 Å². The highest BCUT2D eigenvalue weighted by Gasteiger charge is 2.19. The number of methoxy groups -OCH3 is 1. The van der Waals surface area contributed by atoms with Gasteiger partial charge in [-0.1, -0.05) is 32.3 Å². The highest BCUT2D eigenvalue weighted by atomic mass is 32.1. The molecule has 37 heavy (non-hydrogen) atoms. The van der Waals surface area contributed by atoms with Crippen LogP contribution in [-0.2, 0) is 9.53 Å². The van der Waals surface area contributed by atoms with Crippen LogP contribution in [0.15, 0.2) is 41.5 Å². The lowest BCUT2D eigenvalue weighted by molar-refractivity contribution is -0.135. The van der Waals surface area contributed by atoms with Crippen LogP contribution in [-0.4, -0.2) is 35.7 Å². The van der Waals surface area contributed by atoms with E-state index in [0.29, 0.717) is 12.7 Å². The molecule has 1 amide bonds. The minimum Gasteiger partial charge on any atom is -0.490 e. The zero-order chi connectivity index (χ0) is 26.9. The molecule has 0 unspecified atom stereocenters. The second kappa shape index (κ2) is 12.9. The van der Waals surface area contributed by atoms with Gasteiger partial charge >= 0.3 is 5.97 Å².